The molecule has 0 bridgehead atoms. The van der Waals surface area contributed by atoms with Gasteiger partial charge in [-0.15, -0.1) is 0 Å². The highest BCUT2D eigenvalue weighted by atomic mass is 16.5. The number of rotatable bonds is 6. The number of anilines is 1. The Hall–Kier alpha value is -3.16. The van der Waals surface area contributed by atoms with Gasteiger partial charge in [-0.2, -0.15) is 0 Å². The van der Waals surface area contributed by atoms with Crippen LogP contribution < -0.4 is 16.6 Å². The van der Waals surface area contributed by atoms with Crippen LogP contribution in [0.25, 0.3) is 0 Å². The second-order valence-corrected chi connectivity index (χ2v) is 5.00. The van der Waals surface area contributed by atoms with Gasteiger partial charge in [-0.1, -0.05) is 19.1 Å². The average molecular weight is 331 g/mol. The number of hydrogen-bond acceptors (Lipinski definition) is 5. The van der Waals surface area contributed by atoms with E-state index in [4.69, 9.17) is 4.74 Å². The number of benzene rings is 1. The van der Waals surface area contributed by atoms with Crippen LogP contribution in [0.4, 0.5) is 5.69 Å². The molecule has 0 saturated heterocycles. The molecule has 1 aromatic heterocycles. The van der Waals surface area contributed by atoms with Crippen molar-refractivity contribution < 1.29 is 14.3 Å². The largest absolute Gasteiger partial charge is 0.454 e. The van der Waals surface area contributed by atoms with Crippen LogP contribution >= 0.6 is 0 Å². The maximum Gasteiger partial charge on any atom is 0.328 e. The van der Waals surface area contributed by atoms with E-state index in [1.807, 2.05) is 30.1 Å². The molecule has 8 nitrogen and oxygen atoms in total. The van der Waals surface area contributed by atoms with Gasteiger partial charge in [0, 0.05) is 18.0 Å². The number of esters is 1. The number of nitrogens with one attached hydrogen (secondary N) is 2. The average Bonchev–Trinajstić information content (AvgIpc) is 2.56. The van der Waals surface area contributed by atoms with E-state index in [2.05, 4.69) is 5.32 Å². The van der Waals surface area contributed by atoms with E-state index in [1.54, 1.807) is 6.07 Å². The number of aromatic amines is 1. The summed E-state index contributed by atoms with van der Waals surface area (Å²) in [5.74, 6) is -1.24. The Morgan fingerprint density at radius 3 is 2.75 bits per heavy atom. The van der Waals surface area contributed by atoms with Crippen LogP contribution in [-0.4, -0.2) is 28.0 Å². The highest BCUT2D eigenvalue weighted by Crippen LogP contribution is 2.10. The number of ether oxygens (including phenoxy) is 1. The highest BCUT2D eigenvalue weighted by Gasteiger charge is 2.10. The Morgan fingerprint density at radius 1 is 1.25 bits per heavy atom. The molecule has 126 valence electrons. The Bertz CT molecular complexity index is 853. The van der Waals surface area contributed by atoms with Crippen molar-refractivity contribution in [1.29, 1.82) is 0 Å². The molecule has 0 saturated carbocycles. The summed E-state index contributed by atoms with van der Waals surface area (Å²) in [6.45, 7) is 1.14. The molecule has 8 heteroatoms. The summed E-state index contributed by atoms with van der Waals surface area (Å²) in [5, 5.41) is 2.62. The van der Waals surface area contributed by atoms with Crippen LogP contribution in [0.5, 0.6) is 0 Å². The van der Waals surface area contributed by atoms with Gasteiger partial charge in [0.2, 0.25) is 0 Å². The van der Waals surface area contributed by atoms with E-state index in [0.717, 1.165) is 22.6 Å². The van der Waals surface area contributed by atoms with Crippen LogP contribution in [0, 0.1) is 0 Å². The molecule has 0 spiro atoms. The van der Waals surface area contributed by atoms with Crippen molar-refractivity contribution in [1.82, 2.24) is 9.55 Å². The minimum atomic E-state index is -0.762. The molecule has 24 heavy (non-hydrogen) atoms. The van der Waals surface area contributed by atoms with E-state index in [1.165, 1.54) is 6.20 Å². The lowest BCUT2D eigenvalue weighted by Crippen LogP contribution is -2.32. The van der Waals surface area contributed by atoms with Gasteiger partial charge < -0.3 is 10.1 Å². The van der Waals surface area contributed by atoms with Gasteiger partial charge in [0.25, 0.3) is 11.5 Å². The fraction of sp³-hybridized carbons (Fsp3) is 0.250. The van der Waals surface area contributed by atoms with Crippen molar-refractivity contribution in [2.24, 2.45) is 0 Å². The molecule has 1 heterocycles. The smallest absolute Gasteiger partial charge is 0.328 e. The Morgan fingerprint density at radius 2 is 2.04 bits per heavy atom. The molecule has 2 N–H and O–H groups in total. The number of aromatic nitrogens is 2. The molecule has 0 fully saturated rings. The van der Waals surface area contributed by atoms with Gasteiger partial charge in [0.1, 0.15) is 6.54 Å². The van der Waals surface area contributed by atoms with Crippen molar-refractivity contribution in [2.75, 3.05) is 11.9 Å². The van der Waals surface area contributed by atoms with Crippen LogP contribution in [0.15, 0.2) is 46.1 Å². The first-order valence-corrected chi connectivity index (χ1v) is 7.32. The number of nitrogens with zero attached hydrogens (tertiary/aromatic N) is 1. The fourth-order valence-electron chi connectivity index (χ4n) is 1.97. The van der Waals surface area contributed by atoms with Crippen molar-refractivity contribution in [3.63, 3.8) is 0 Å². The first-order chi connectivity index (χ1) is 11.5. The lowest BCUT2D eigenvalue weighted by molar-refractivity contribution is -0.148. The summed E-state index contributed by atoms with van der Waals surface area (Å²) in [7, 11) is 0. The lowest BCUT2D eigenvalue weighted by atomic mass is 10.1. The summed E-state index contributed by atoms with van der Waals surface area (Å²) in [6.07, 6.45) is 2.02. The Labute approximate surface area is 137 Å². The summed E-state index contributed by atoms with van der Waals surface area (Å²) in [4.78, 5) is 47.8. The third-order valence-corrected chi connectivity index (χ3v) is 3.18. The summed E-state index contributed by atoms with van der Waals surface area (Å²) in [6, 6.07) is 8.45. The quantitative estimate of drug-likeness (QED) is 0.739. The number of H-pyrrole nitrogens is 1. The summed E-state index contributed by atoms with van der Waals surface area (Å²) >= 11 is 0. The third-order valence-electron chi connectivity index (χ3n) is 3.18. The van der Waals surface area contributed by atoms with E-state index >= 15 is 0 Å². The first kappa shape index (κ1) is 17.2. The Balaban J connectivity index is 1.85. The molecular weight excluding hydrogens is 314 g/mol. The number of aryl methyl sites for hydroxylation is 1. The summed E-state index contributed by atoms with van der Waals surface area (Å²) < 4.78 is 5.80. The standard InChI is InChI=1S/C16H17N3O5/c1-2-11-4-3-5-12(8-11)17-14(21)10-24-15(22)9-19-7-6-13(20)18-16(19)23/h3-8H,2,9-10H2,1H3,(H,17,21)(H,18,20,23). The minimum absolute atomic E-state index is 0.395. The Kier molecular flexibility index (Phi) is 5.67. The van der Waals surface area contributed by atoms with Gasteiger partial charge >= 0.3 is 11.7 Å². The third kappa shape index (κ3) is 4.94. The molecule has 2 aromatic rings. The molecule has 0 unspecified atom stereocenters. The van der Waals surface area contributed by atoms with E-state index in [9.17, 15) is 19.2 Å². The normalized spacial score (nSPS) is 10.2. The lowest BCUT2D eigenvalue weighted by Gasteiger charge is -2.08. The SMILES string of the molecule is CCc1cccc(NC(=O)COC(=O)Cn2ccc(=O)[nH]c2=O)c1. The fourth-order valence-corrected chi connectivity index (χ4v) is 1.97. The second-order valence-electron chi connectivity index (χ2n) is 5.00. The number of amides is 1. The molecular formula is C16H17N3O5. The number of hydrogen-bond donors (Lipinski definition) is 2. The molecule has 0 radical (unpaired) electrons. The van der Waals surface area contributed by atoms with Gasteiger partial charge in [-0.25, -0.2) is 4.79 Å². The molecule has 0 aliphatic heterocycles. The maximum absolute atomic E-state index is 11.8. The van der Waals surface area contributed by atoms with E-state index in [0.29, 0.717) is 5.69 Å². The molecule has 1 aromatic carbocycles. The van der Waals surface area contributed by atoms with Crippen LogP contribution in [-0.2, 0) is 27.3 Å². The van der Waals surface area contributed by atoms with E-state index < -0.39 is 36.3 Å². The zero-order valence-electron chi connectivity index (χ0n) is 13.1. The zero-order chi connectivity index (χ0) is 17.5. The first-order valence-electron chi connectivity index (χ1n) is 7.32. The van der Waals surface area contributed by atoms with Crippen molar-refractivity contribution in [2.45, 2.75) is 19.9 Å². The van der Waals surface area contributed by atoms with Gasteiger partial charge in [-0.3, -0.25) is 23.9 Å². The summed E-state index contributed by atoms with van der Waals surface area (Å²) in [5.41, 5.74) is 0.410. The van der Waals surface area contributed by atoms with Gasteiger partial charge in [0.15, 0.2) is 6.61 Å². The molecule has 0 aliphatic rings. The van der Waals surface area contributed by atoms with Gasteiger partial charge in [-0.05, 0) is 24.1 Å². The molecule has 2 rings (SSSR count). The van der Waals surface area contributed by atoms with Crippen LogP contribution in [0.1, 0.15) is 12.5 Å². The monoisotopic (exact) mass is 331 g/mol. The predicted octanol–water partition coefficient (Wildman–Crippen LogP) is 0.281. The van der Waals surface area contributed by atoms with Crippen LogP contribution in [0.3, 0.4) is 0 Å². The number of carbonyl (C=O) groups is 2. The van der Waals surface area contributed by atoms with Crippen LogP contribution in [0.2, 0.25) is 0 Å². The van der Waals surface area contributed by atoms with Crippen molar-refractivity contribution in [3.05, 3.63) is 62.9 Å². The molecule has 0 aliphatic carbocycles. The predicted molar refractivity (Wildman–Crippen MR) is 86.7 cm³/mol. The zero-order valence-corrected chi connectivity index (χ0v) is 13.1. The van der Waals surface area contributed by atoms with Gasteiger partial charge in [0.05, 0.1) is 0 Å². The minimum Gasteiger partial charge on any atom is -0.454 e. The molecule has 0 atom stereocenters. The number of carbonyl (C=O) groups excluding carboxylic acids is 2. The maximum atomic E-state index is 11.8. The topological polar surface area (TPSA) is 110 Å². The van der Waals surface area contributed by atoms with E-state index in [-0.39, 0.29) is 0 Å². The van der Waals surface area contributed by atoms with Crippen molar-refractivity contribution in [3.8, 4) is 0 Å². The highest BCUT2D eigenvalue weighted by molar-refractivity contribution is 5.92. The molecule has 1 amide bonds. The second kappa shape index (κ2) is 7.91. The van der Waals surface area contributed by atoms with Crippen molar-refractivity contribution >= 4 is 17.6 Å².